The predicted molar refractivity (Wildman–Crippen MR) is 50.9 cm³/mol. The third-order valence-electron chi connectivity index (χ3n) is 2.40. The molecule has 0 bridgehead atoms. The first-order chi connectivity index (χ1) is 7.40. The van der Waals surface area contributed by atoms with Gasteiger partial charge in [0.2, 0.25) is 18.1 Å². The maximum Gasteiger partial charge on any atom is 0.231 e. The van der Waals surface area contributed by atoms with E-state index in [9.17, 15) is 0 Å². The number of hydrogen-bond donors (Lipinski definition) is 1. The molecule has 0 atom stereocenters. The molecule has 78 valence electrons. The van der Waals surface area contributed by atoms with Crippen molar-refractivity contribution in [3.05, 3.63) is 17.8 Å². The summed E-state index contributed by atoms with van der Waals surface area (Å²) in [7, 11) is 0. The molecule has 2 heterocycles. The summed E-state index contributed by atoms with van der Waals surface area (Å²) in [5, 5.41) is 13.6. The molecule has 15 heavy (non-hydrogen) atoms. The van der Waals surface area contributed by atoms with Crippen LogP contribution in [0, 0.1) is 0 Å². The highest BCUT2D eigenvalue weighted by Crippen LogP contribution is 2.39. The zero-order valence-corrected chi connectivity index (χ0v) is 7.90. The van der Waals surface area contributed by atoms with Crippen LogP contribution in [0.4, 0.5) is 0 Å². The van der Waals surface area contributed by atoms with Crippen molar-refractivity contribution in [3.8, 4) is 11.5 Å². The second-order valence-corrected chi connectivity index (χ2v) is 3.28. The fraction of sp³-hybridized carbons (Fsp3) is 0.300. The molecule has 0 unspecified atom stereocenters. The molecular weight excluding hydrogens is 198 g/mol. The smallest absolute Gasteiger partial charge is 0.231 e. The fourth-order valence-corrected chi connectivity index (χ4v) is 1.70. The van der Waals surface area contributed by atoms with E-state index >= 15 is 0 Å². The number of benzene rings is 1. The van der Waals surface area contributed by atoms with Gasteiger partial charge in [0.05, 0.1) is 5.69 Å². The van der Waals surface area contributed by atoms with E-state index in [2.05, 4.69) is 5.16 Å². The first kappa shape index (κ1) is 8.55. The highest BCUT2D eigenvalue weighted by Gasteiger charge is 2.21. The van der Waals surface area contributed by atoms with E-state index in [1.54, 1.807) is 0 Å². The van der Waals surface area contributed by atoms with Crippen molar-refractivity contribution in [2.24, 2.45) is 0 Å². The van der Waals surface area contributed by atoms with Crippen LogP contribution in [0.2, 0.25) is 0 Å². The van der Waals surface area contributed by atoms with Crippen LogP contribution in [0.15, 0.2) is 16.7 Å². The molecule has 0 saturated heterocycles. The van der Waals surface area contributed by atoms with E-state index in [1.165, 1.54) is 0 Å². The number of aliphatic hydroxyl groups excluding tert-OH is 1. The first-order valence-corrected chi connectivity index (χ1v) is 4.68. The Kier molecular flexibility index (Phi) is 1.78. The molecule has 5 nitrogen and oxygen atoms in total. The second-order valence-electron chi connectivity index (χ2n) is 3.28. The van der Waals surface area contributed by atoms with Crippen LogP contribution < -0.4 is 9.47 Å². The molecule has 5 heteroatoms. The monoisotopic (exact) mass is 207 g/mol. The number of fused-ring (bicyclic) bond motifs is 3. The van der Waals surface area contributed by atoms with Crippen molar-refractivity contribution >= 4 is 11.0 Å². The SMILES string of the molecule is OCCc1noc2c3c(ccc12)OCO3. The molecular formula is C10H9NO4. The molecule has 1 aliphatic rings. The Morgan fingerprint density at radius 3 is 3.13 bits per heavy atom. The van der Waals surface area contributed by atoms with E-state index in [-0.39, 0.29) is 13.4 Å². The Hall–Kier alpha value is -1.75. The zero-order chi connectivity index (χ0) is 10.3. The Labute approximate surface area is 85.2 Å². The largest absolute Gasteiger partial charge is 0.453 e. The van der Waals surface area contributed by atoms with E-state index in [4.69, 9.17) is 19.1 Å². The van der Waals surface area contributed by atoms with Gasteiger partial charge in [-0.2, -0.15) is 0 Å². The van der Waals surface area contributed by atoms with E-state index in [0.29, 0.717) is 23.5 Å². The number of rotatable bonds is 2. The van der Waals surface area contributed by atoms with Crippen molar-refractivity contribution in [2.75, 3.05) is 13.4 Å². The van der Waals surface area contributed by atoms with E-state index < -0.39 is 0 Å². The van der Waals surface area contributed by atoms with Gasteiger partial charge < -0.3 is 19.1 Å². The molecule has 2 aromatic rings. The van der Waals surface area contributed by atoms with Gasteiger partial charge in [-0.3, -0.25) is 0 Å². The molecule has 3 rings (SSSR count). The summed E-state index contributed by atoms with van der Waals surface area (Å²) >= 11 is 0. The third kappa shape index (κ3) is 1.16. The molecule has 1 aliphatic heterocycles. The summed E-state index contributed by atoms with van der Waals surface area (Å²) in [6, 6.07) is 3.69. The molecule has 0 saturated carbocycles. The van der Waals surface area contributed by atoms with Crippen molar-refractivity contribution < 1.29 is 19.1 Å². The quantitative estimate of drug-likeness (QED) is 0.798. The van der Waals surface area contributed by atoms with Gasteiger partial charge in [0.15, 0.2) is 5.75 Å². The lowest BCUT2D eigenvalue weighted by Crippen LogP contribution is -1.93. The number of aromatic nitrogens is 1. The molecule has 0 spiro atoms. The summed E-state index contributed by atoms with van der Waals surface area (Å²) in [5.41, 5.74) is 1.33. The van der Waals surface area contributed by atoms with Crippen LogP contribution >= 0.6 is 0 Å². The van der Waals surface area contributed by atoms with Gasteiger partial charge in [0, 0.05) is 18.4 Å². The second kappa shape index (κ2) is 3.13. The predicted octanol–water partition coefficient (Wildman–Crippen LogP) is 1.09. The minimum atomic E-state index is 0.0517. The number of nitrogens with zero attached hydrogens (tertiary/aromatic N) is 1. The van der Waals surface area contributed by atoms with E-state index in [1.807, 2.05) is 12.1 Å². The van der Waals surface area contributed by atoms with Crippen molar-refractivity contribution in [3.63, 3.8) is 0 Å². The van der Waals surface area contributed by atoms with Gasteiger partial charge in [-0.05, 0) is 12.1 Å². The minimum Gasteiger partial charge on any atom is -0.453 e. The Morgan fingerprint density at radius 2 is 2.27 bits per heavy atom. The number of ether oxygens (including phenoxy) is 2. The molecule has 0 radical (unpaired) electrons. The summed E-state index contributed by atoms with van der Waals surface area (Å²) in [6.45, 7) is 0.264. The lowest BCUT2D eigenvalue weighted by Gasteiger charge is -1.95. The Balaban J connectivity index is 2.21. The molecule has 0 amide bonds. The highest BCUT2D eigenvalue weighted by atomic mass is 16.7. The third-order valence-corrected chi connectivity index (χ3v) is 2.40. The van der Waals surface area contributed by atoms with Gasteiger partial charge in [-0.15, -0.1) is 0 Å². The first-order valence-electron chi connectivity index (χ1n) is 4.68. The van der Waals surface area contributed by atoms with Crippen molar-refractivity contribution in [1.82, 2.24) is 5.16 Å². The maximum absolute atomic E-state index is 8.85. The van der Waals surface area contributed by atoms with Gasteiger partial charge >= 0.3 is 0 Å². The van der Waals surface area contributed by atoms with Gasteiger partial charge in [-0.25, -0.2) is 0 Å². The van der Waals surface area contributed by atoms with Crippen LogP contribution in [0.25, 0.3) is 11.0 Å². The molecule has 1 aromatic carbocycles. The van der Waals surface area contributed by atoms with Gasteiger partial charge in [0.25, 0.3) is 0 Å². The topological polar surface area (TPSA) is 64.7 Å². The summed E-state index contributed by atoms with van der Waals surface area (Å²) in [5.74, 6) is 1.28. The normalized spacial score (nSPS) is 13.7. The van der Waals surface area contributed by atoms with Crippen LogP contribution in [-0.4, -0.2) is 23.7 Å². The lowest BCUT2D eigenvalue weighted by atomic mass is 10.1. The summed E-state index contributed by atoms with van der Waals surface area (Å²) in [4.78, 5) is 0. The van der Waals surface area contributed by atoms with Gasteiger partial charge in [-0.1, -0.05) is 5.16 Å². The summed E-state index contributed by atoms with van der Waals surface area (Å²) < 4.78 is 15.7. The van der Waals surface area contributed by atoms with Crippen molar-refractivity contribution in [1.29, 1.82) is 0 Å². The molecule has 0 fully saturated rings. The fourth-order valence-electron chi connectivity index (χ4n) is 1.70. The zero-order valence-electron chi connectivity index (χ0n) is 7.90. The number of aliphatic hydroxyl groups is 1. The Bertz CT molecular complexity index is 505. The molecule has 1 aromatic heterocycles. The highest BCUT2D eigenvalue weighted by molar-refractivity contribution is 5.87. The van der Waals surface area contributed by atoms with Crippen LogP contribution in [-0.2, 0) is 6.42 Å². The Morgan fingerprint density at radius 1 is 1.33 bits per heavy atom. The van der Waals surface area contributed by atoms with Crippen LogP contribution in [0.3, 0.4) is 0 Å². The number of hydrogen-bond acceptors (Lipinski definition) is 5. The standard InChI is InChI=1S/C10H9NO4/c12-4-3-7-6-1-2-8-10(14-5-13-8)9(6)15-11-7/h1-2,12H,3-5H2. The van der Waals surface area contributed by atoms with Crippen LogP contribution in [0.5, 0.6) is 11.5 Å². The van der Waals surface area contributed by atoms with Crippen molar-refractivity contribution in [2.45, 2.75) is 6.42 Å². The summed E-state index contributed by atoms with van der Waals surface area (Å²) in [6.07, 6.45) is 0.479. The molecule has 0 aliphatic carbocycles. The average molecular weight is 207 g/mol. The lowest BCUT2D eigenvalue weighted by molar-refractivity contribution is 0.173. The van der Waals surface area contributed by atoms with Crippen LogP contribution in [0.1, 0.15) is 5.69 Å². The minimum absolute atomic E-state index is 0.0517. The average Bonchev–Trinajstić information content (AvgIpc) is 2.83. The maximum atomic E-state index is 8.85. The van der Waals surface area contributed by atoms with E-state index in [0.717, 1.165) is 11.1 Å². The molecule has 1 N–H and O–H groups in total. The van der Waals surface area contributed by atoms with Gasteiger partial charge in [0.1, 0.15) is 0 Å².